The number of benzene rings is 2. The Balaban J connectivity index is 2.02. The van der Waals surface area contributed by atoms with Gasteiger partial charge >= 0.3 is 0 Å². The van der Waals surface area contributed by atoms with Gasteiger partial charge in [0, 0.05) is 16.5 Å². The number of hydrogen-bond donors (Lipinski definition) is 2. The van der Waals surface area contributed by atoms with E-state index in [0.29, 0.717) is 11.1 Å². The van der Waals surface area contributed by atoms with E-state index < -0.39 is 0 Å². The third-order valence-corrected chi connectivity index (χ3v) is 2.89. The molecular weight excluding hydrogens is 242 g/mol. The normalized spacial score (nSPS) is 10.5. The third kappa shape index (κ3) is 2.04. The van der Waals surface area contributed by atoms with E-state index in [4.69, 9.17) is 4.42 Å². The molecule has 0 aliphatic heterocycles. The lowest BCUT2D eigenvalue weighted by Crippen LogP contribution is -2.10. The van der Waals surface area contributed by atoms with Crippen LogP contribution in [0.15, 0.2) is 59.2 Å². The van der Waals surface area contributed by atoms with Crippen LogP contribution in [0.4, 0.5) is 5.69 Å². The van der Waals surface area contributed by atoms with Crippen LogP contribution in [0.1, 0.15) is 10.6 Å². The Morgan fingerprint density at radius 3 is 2.58 bits per heavy atom. The molecule has 0 spiro atoms. The molecule has 19 heavy (non-hydrogen) atoms. The minimum atomic E-state index is -0.319. The molecule has 2 N–H and O–H groups in total. The molecule has 0 radical (unpaired) electrons. The number of fused-ring (bicyclic) bond motifs is 1. The number of aromatic hydroxyl groups is 1. The molecule has 0 saturated heterocycles. The number of rotatable bonds is 2. The molecule has 0 atom stereocenters. The van der Waals surface area contributed by atoms with Crippen LogP contribution in [0.25, 0.3) is 10.8 Å². The van der Waals surface area contributed by atoms with Crippen molar-refractivity contribution in [2.45, 2.75) is 0 Å². The Morgan fingerprint density at radius 1 is 1.00 bits per heavy atom. The Bertz CT molecular complexity index is 732. The number of amides is 1. The van der Waals surface area contributed by atoms with E-state index in [9.17, 15) is 9.90 Å². The summed E-state index contributed by atoms with van der Waals surface area (Å²) in [5.41, 5.74) is 0.634. The van der Waals surface area contributed by atoms with Crippen molar-refractivity contribution >= 4 is 22.4 Å². The van der Waals surface area contributed by atoms with Crippen molar-refractivity contribution in [2.75, 3.05) is 5.32 Å². The Labute approximate surface area is 109 Å². The highest BCUT2D eigenvalue weighted by Gasteiger charge is 2.11. The third-order valence-electron chi connectivity index (χ3n) is 2.89. The summed E-state index contributed by atoms with van der Waals surface area (Å²) in [6.07, 6.45) is 1.45. The Morgan fingerprint density at radius 2 is 1.79 bits per heavy atom. The van der Waals surface area contributed by atoms with E-state index >= 15 is 0 Å². The monoisotopic (exact) mass is 253 g/mol. The van der Waals surface area contributed by atoms with Gasteiger partial charge in [0.1, 0.15) is 5.75 Å². The first-order valence-electron chi connectivity index (χ1n) is 5.81. The second kappa shape index (κ2) is 4.49. The van der Waals surface area contributed by atoms with Gasteiger partial charge in [-0.2, -0.15) is 0 Å². The molecule has 0 bridgehead atoms. The van der Waals surface area contributed by atoms with Gasteiger partial charge in [0.2, 0.25) is 0 Å². The van der Waals surface area contributed by atoms with E-state index in [0.717, 1.165) is 5.39 Å². The zero-order valence-electron chi connectivity index (χ0n) is 9.96. The average Bonchev–Trinajstić information content (AvgIpc) is 2.94. The summed E-state index contributed by atoms with van der Waals surface area (Å²) >= 11 is 0. The molecule has 3 aromatic rings. The van der Waals surface area contributed by atoms with Gasteiger partial charge in [-0.15, -0.1) is 0 Å². The van der Waals surface area contributed by atoms with Crippen molar-refractivity contribution in [3.05, 3.63) is 60.6 Å². The minimum absolute atomic E-state index is 0.187. The molecule has 0 saturated carbocycles. The molecule has 1 heterocycles. The number of carbonyl (C=O) groups excluding carboxylic acids is 1. The van der Waals surface area contributed by atoms with Gasteiger partial charge in [0.05, 0.1) is 6.26 Å². The maximum atomic E-state index is 11.9. The Hall–Kier alpha value is -2.75. The molecule has 1 amide bonds. The van der Waals surface area contributed by atoms with Crippen LogP contribution < -0.4 is 5.32 Å². The van der Waals surface area contributed by atoms with E-state index in [1.165, 1.54) is 6.26 Å². The average molecular weight is 253 g/mol. The number of phenols is 1. The molecule has 0 unspecified atom stereocenters. The highest BCUT2D eigenvalue weighted by atomic mass is 16.3. The number of anilines is 1. The van der Waals surface area contributed by atoms with Gasteiger partial charge in [-0.3, -0.25) is 4.79 Å². The molecule has 0 aliphatic carbocycles. The smallest absolute Gasteiger partial charge is 0.291 e. The Kier molecular flexibility index (Phi) is 2.68. The maximum Gasteiger partial charge on any atom is 0.291 e. The predicted octanol–water partition coefficient (Wildman–Crippen LogP) is 3.39. The van der Waals surface area contributed by atoms with Crippen LogP contribution >= 0.6 is 0 Å². The SMILES string of the molecule is O=C(Nc1cccc2c(O)cccc12)c1ccco1. The van der Waals surface area contributed by atoms with Gasteiger partial charge in [0.15, 0.2) is 5.76 Å². The summed E-state index contributed by atoms with van der Waals surface area (Å²) in [6.45, 7) is 0. The fraction of sp³-hybridized carbons (Fsp3) is 0. The van der Waals surface area contributed by atoms with Crippen LogP contribution in [0.3, 0.4) is 0 Å². The lowest BCUT2D eigenvalue weighted by atomic mass is 10.1. The van der Waals surface area contributed by atoms with Crippen LogP contribution in [-0.2, 0) is 0 Å². The summed E-state index contributed by atoms with van der Waals surface area (Å²) in [6, 6.07) is 13.8. The van der Waals surface area contributed by atoms with E-state index in [-0.39, 0.29) is 17.4 Å². The van der Waals surface area contributed by atoms with Crippen molar-refractivity contribution in [2.24, 2.45) is 0 Å². The molecule has 4 nitrogen and oxygen atoms in total. The van der Waals surface area contributed by atoms with E-state index in [1.807, 2.05) is 6.07 Å². The molecular formula is C15H11NO3. The molecule has 0 fully saturated rings. The standard InChI is InChI=1S/C15H11NO3/c17-13-7-2-4-10-11(13)5-1-6-12(10)16-15(18)14-8-3-9-19-14/h1-9,17H,(H,16,18). The number of hydrogen-bond acceptors (Lipinski definition) is 3. The number of phenolic OH excluding ortho intramolecular Hbond substituents is 1. The van der Waals surface area contributed by atoms with Crippen molar-refractivity contribution in [3.63, 3.8) is 0 Å². The summed E-state index contributed by atoms with van der Waals surface area (Å²) in [5.74, 6) is 0.115. The van der Waals surface area contributed by atoms with Gasteiger partial charge in [0.25, 0.3) is 5.91 Å². The quantitative estimate of drug-likeness (QED) is 0.735. The summed E-state index contributed by atoms with van der Waals surface area (Å²) in [4.78, 5) is 11.9. The van der Waals surface area contributed by atoms with Crippen molar-refractivity contribution < 1.29 is 14.3 Å². The van der Waals surface area contributed by atoms with Gasteiger partial charge in [-0.25, -0.2) is 0 Å². The zero-order valence-corrected chi connectivity index (χ0v) is 9.96. The van der Waals surface area contributed by atoms with Crippen LogP contribution in [-0.4, -0.2) is 11.0 Å². The topological polar surface area (TPSA) is 62.5 Å². The molecule has 1 aromatic heterocycles. The second-order valence-electron chi connectivity index (χ2n) is 4.11. The first kappa shape index (κ1) is 11.3. The lowest BCUT2D eigenvalue weighted by Gasteiger charge is -2.08. The van der Waals surface area contributed by atoms with Gasteiger partial charge in [-0.05, 0) is 24.3 Å². The largest absolute Gasteiger partial charge is 0.507 e. The fourth-order valence-electron chi connectivity index (χ4n) is 1.99. The van der Waals surface area contributed by atoms with Crippen LogP contribution in [0, 0.1) is 0 Å². The van der Waals surface area contributed by atoms with Crippen molar-refractivity contribution in [3.8, 4) is 5.75 Å². The van der Waals surface area contributed by atoms with Crippen LogP contribution in [0.5, 0.6) is 5.75 Å². The first-order valence-corrected chi connectivity index (χ1v) is 5.81. The van der Waals surface area contributed by atoms with Crippen LogP contribution in [0.2, 0.25) is 0 Å². The van der Waals surface area contributed by atoms with E-state index in [1.54, 1.807) is 42.5 Å². The predicted molar refractivity (Wildman–Crippen MR) is 72.3 cm³/mol. The molecule has 3 rings (SSSR count). The maximum absolute atomic E-state index is 11.9. The highest BCUT2D eigenvalue weighted by molar-refractivity contribution is 6.08. The molecule has 94 valence electrons. The molecule has 4 heteroatoms. The zero-order chi connectivity index (χ0) is 13.2. The molecule has 2 aromatic carbocycles. The first-order chi connectivity index (χ1) is 9.25. The van der Waals surface area contributed by atoms with E-state index in [2.05, 4.69) is 5.32 Å². The summed E-state index contributed by atoms with van der Waals surface area (Å²) in [7, 11) is 0. The van der Waals surface area contributed by atoms with Gasteiger partial charge in [-0.1, -0.05) is 24.3 Å². The van der Waals surface area contributed by atoms with Crippen molar-refractivity contribution in [1.29, 1.82) is 0 Å². The lowest BCUT2D eigenvalue weighted by molar-refractivity contribution is 0.0997. The second-order valence-corrected chi connectivity index (χ2v) is 4.11. The highest BCUT2D eigenvalue weighted by Crippen LogP contribution is 2.29. The summed E-state index contributed by atoms with van der Waals surface area (Å²) < 4.78 is 5.04. The van der Waals surface area contributed by atoms with Gasteiger partial charge < -0.3 is 14.8 Å². The van der Waals surface area contributed by atoms with Crippen molar-refractivity contribution in [1.82, 2.24) is 0 Å². The minimum Gasteiger partial charge on any atom is -0.507 e. The fourth-order valence-corrected chi connectivity index (χ4v) is 1.99. The number of furan rings is 1. The number of carbonyl (C=O) groups is 1. The number of nitrogens with one attached hydrogen (secondary N) is 1. The summed E-state index contributed by atoms with van der Waals surface area (Å²) in [5, 5.41) is 14.0. The molecule has 0 aliphatic rings.